The van der Waals surface area contributed by atoms with Crippen LogP contribution in [-0.4, -0.2) is 12.1 Å². The van der Waals surface area contributed by atoms with Crippen LogP contribution in [0.5, 0.6) is 17.2 Å². The molecule has 4 heteroatoms. The molecular weight excluding hydrogens is 264 g/mol. The Balaban J connectivity index is 2.09. The third-order valence-corrected chi connectivity index (χ3v) is 3.25. The molecular formula is C17H16N2O2. The van der Waals surface area contributed by atoms with E-state index in [4.69, 9.17) is 15.2 Å². The first kappa shape index (κ1) is 13.2. The number of methoxy groups -OCH3 is 1. The fourth-order valence-electron chi connectivity index (χ4n) is 2.20. The van der Waals surface area contributed by atoms with E-state index in [2.05, 4.69) is 4.98 Å². The second kappa shape index (κ2) is 5.32. The van der Waals surface area contributed by atoms with Gasteiger partial charge in [0.2, 0.25) is 0 Å². The molecule has 0 aliphatic rings. The summed E-state index contributed by atoms with van der Waals surface area (Å²) < 4.78 is 11.2. The predicted molar refractivity (Wildman–Crippen MR) is 84.0 cm³/mol. The quantitative estimate of drug-likeness (QED) is 0.739. The van der Waals surface area contributed by atoms with Gasteiger partial charge in [0.25, 0.3) is 0 Å². The van der Waals surface area contributed by atoms with Crippen LogP contribution in [0.15, 0.2) is 48.5 Å². The maximum atomic E-state index is 6.00. The number of pyridine rings is 1. The number of benzene rings is 2. The molecule has 0 saturated carbocycles. The largest absolute Gasteiger partial charge is 0.497 e. The summed E-state index contributed by atoms with van der Waals surface area (Å²) in [5, 5.41) is 0.949. The molecule has 0 radical (unpaired) electrons. The van der Waals surface area contributed by atoms with Crippen molar-refractivity contribution in [3.05, 3.63) is 54.2 Å². The van der Waals surface area contributed by atoms with Gasteiger partial charge in [-0.05, 0) is 31.2 Å². The summed E-state index contributed by atoms with van der Waals surface area (Å²) in [6.07, 6.45) is 0. The molecule has 0 spiro atoms. The smallest absolute Gasteiger partial charge is 0.154 e. The third kappa shape index (κ3) is 2.60. The first-order chi connectivity index (χ1) is 10.2. The molecule has 3 rings (SSSR count). The number of fused-ring (bicyclic) bond motifs is 1. The molecule has 1 heterocycles. The van der Waals surface area contributed by atoms with Crippen molar-refractivity contribution < 1.29 is 9.47 Å². The van der Waals surface area contributed by atoms with Gasteiger partial charge in [-0.3, -0.25) is 4.98 Å². The maximum Gasteiger partial charge on any atom is 0.154 e. The van der Waals surface area contributed by atoms with Crippen LogP contribution in [0.2, 0.25) is 0 Å². The minimum absolute atomic E-state index is 0.564. The van der Waals surface area contributed by atoms with E-state index in [-0.39, 0.29) is 0 Å². The number of nitrogens with zero attached hydrogens (tertiary/aromatic N) is 1. The van der Waals surface area contributed by atoms with Crippen LogP contribution in [0.3, 0.4) is 0 Å². The molecule has 4 nitrogen and oxygen atoms in total. The minimum atomic E-state index is 0.564. The number of nitrogen functional groups attached to an aromatic ring is 1. The van der Waals surface area contributed by atoms with E-state index in [9.17, 15) is 0 Å². The van der Waals surface area contributed by atoms with Crippen LogP contribution in [-0.2, 0) is 0 Å². The Morgan fingerprint density at radius 2 is 1.81 bits per heavy atom. The molecule has 0 fully saturated rings. The second-order valence-electron chi connectivity index (χ2n) is 4.78. The predicted octanol–water partition coefficient (Wildman–Crippen LogP) is 3.93. The highest BCUT2D eigenvalue weighted by atomic mass is 16.5. The van der Waals surface area contributed by atoms with Crippen molar-refractivity contribution in [2.75, 3.05) is 12.8 Å². The van der Waals surface area contributed by atoms with E-state index in [1.807, 2.05) is 37.3 Å². The Labute approximate surface area is 123 Å². The molecule has 0 aliphatic heterocycles. The monoisotopic (exact) mass is 280 g/mol. The van der Waals surface area contributed by atoms with Gasteiger partial charge >= 0.3 is 0 Å². The summed E-state index contributed by atoms with van der Waals surface area (Å²) in [7, 11) is 1.61. The van der Waals surface area contributed by atoms with E-state index in [0.717, 1.165) is 22.3 Å². The highest BCUT2D eigenvalue weighted by molar-refractivity contribution is 5.85. The minimum Gasteiger partial charge on any atom is -0.497 e. The number of nitrogens with two attached hydrogens (primary N) is 1. The summed E-state index contributed by atoms with van der Waals surface area (Å²) in [4.78, 5) is 4.50. The van der Waals surface area contributed by atoms with Crippen molar-refractivity contribution in [1.29, 1.82) is 0 Å². The normalized spacial score (nSPS) is 10.6. The van der Waals surface area contributed by atoms with Crippen molar-refractivity contribution in [2.24, 2.45) is 0 Å². The van der Waals surface area contributed by atoms with Gasteiger partial charge in [0.15, 0.2) is 5.75 Å². The molecule has 0 atom stereocenters. The summed E-state index contributed by atoms with van der Waals surface area (Å²) >= 11 is 0. The van der Waals surface area contributed by atoms with Gasteiger partial charge < -0.3 is 15.2 Å². The number of hydrogen-bond donors (Lipinski definition) is 1. The van der Waals surface area contributed by atoms with E-state index in [1.54, 1.807) is 25.3 Å². The summed E-state index contributed by atoms with van der Waals surface area (Å²) in [6, 6.07) is 15.1. The van der Waals surface area contributed by atoms with Crippen LogP contribution in [0.25, 0.3) is 10.9 Å². The molecule has 0 bridgehead atoms. The summed E-state index contributed by atoms with van der Waals surface area (Å²) in [6.45, 7) is 1.94. The zero-order valence-electron chi connectivity index (χ0n) is 12.0. The molecule has 2 aromatic carbocycles. The Bertz CT molecular complexity index is 800. The van der Waals surface area contributed by atoms with E-state index >= 15 is 0 Å². The highest BCUT2D eigenvalue weighted by Gasteiger charge is 2.09. The van der Waals surface area contributed by atoms with Gasteiger partial charge in [-0.15, -0.1) is 0 Å². The van der Waals surface area contributed by atoms with Gasteiger partial charge in [0.05, 0.1) is 18.3 Å². The Morgan fingerprint density at radius 3 is 2.62 bits per heavy atom. The van der Waals surface area contributed by atoms with Gasteiger partial charge in [-0.2, -0.15) is 0 Å². The van der Waals surface area contributed by atoms with Gasteiger partial charge in [0, 0.05) is 23.2 Å². The number of anilines is 1. The number of rotatable bonds is 3. The number of hydrogen-bond acceptors (Lipinski definition) is 4. The van der Waals surface area contributed by atoms with Crippen LogP contribution >= 0.6 is 0 Å². The van der Waals surface area contributed by atoms with E-state index in [0.29, 0.717) is 17.2 Å². The van der Waals surface area contributed by atoms with Crippen molar-refractivity contribution in [3.8, 4) is 17.2 Å². The van der Waals surface area contributed by atoms with Crippen LogP contribution in [0.4, 0.5) is 5.69 Å². The van der Waals surface area contributed by atoms with E-state index < -0.39 is 0 Å². The van der Waals surface area contributed by atoms with Gasteiger partial charge in [-0.25, -0.2) is 0 Å². The lowest BCUT2D eigenvalue weighted by Gasteiger charge is -2.12. The summed E-state index contributed by atoms with van der Waals surface area (Å²) in [5.41, 5.74) is 8.33. The standard InChI is InChI=1S/C17H16N2O2/c1-11-9-16(13-5-3-4-6-15(13)19-11)21-17-10-12(20-2)7-8-14(17)18/h3-10H,18H2,1-2H3. The van der Waals surface area contributed by atoms with Crippen molar-refractivity contribution in [1.82, 2.24) is 4.98 Å². The SMILES string of the molecule is COc1ccc(N)c(Oc2cc(C)nc3ccccc23)c1. The zero-order chi connectivity index (χ0) is 14.8. The number of aromatic nitrogens is 1. The first-order valence-corrected chi connectivity index (χ1v) is 6.65. The number of ether oxygens (including phenoxy) is 2. The van der Waals surface area contributed by atoms with Crippen molar-refractivity contribution in [2.45, 2.75) is 6.92 Å². The molecule has 21 heavy (non-hydrogen) atoms. The fourth-order valence-corrected chi connectivity index (χ4v) is 2.20. The molecule has 0 aliphatic carbocycles. The summed E-state index contributed by atoms with van der Waals surface area (Å²) in [5.74, 6) is 2.01. The zero-order valence-corrected chi connectivity index (χ0v) is 12.0. The molecule has 0 saturated heterocycles. The van der Waals surface area contributed by atoms with Crippen LogP contribution < -0.4 is 15.2 Å². The molecule has 1 aromatic heterocycles. The lowest BCUT2D eigenvalue weighted by molar-refractivity contribution is 0.409. The van der Waals surface area contributed by atoms with Crippen molar-refractivity contribution in [3.63, 3.8) is 0 Å². The molecule has 3 aromatic rings. The van der Waals surface area contributed by atoms with Crippen LogP contribution in [0.1, 0.15) is 5.69 Å². The van der Waals surface area contributed by atoms with Crippen LogP contribution in [0, 0.1) is 6.92 Å². The molecule has 106 valence electrons. The third-order valence-electron chi connectivity index (χ3n) is 3.25. The first-order valence-electron chi connectivity index (χ1n) is 6.65. The van der Waals surface area contributed by atoms with E-state index in [1.165, 1.54) is 0 Å². The lowest BCUT2D eigenvalue weighted by atomic mass is 10.2. The fraction of sp³-hybridized carbons (Fsp3) is 0.118. The van der Waals surface area contributed by atoms with Gasteiger partial charge in [0.1, 0.15) is 11.5 Å². The topological polar surface area (TPSA) is 57.4 Å². The Hall–Kier alpha value is -2.75. The molecule has 0 unspecified atom stereocenters. The number of aryl methyl sites for hydroxylation is 1. The second-order valence-corrected chi connectivity index (χ2v) is 4.78. The molecule has 0 amide bonds. The Morgan fingerprint density at radius 1 is 1.00 bits per heavy atom. The van der Waals surface area contributed by atoms with Crippen molar-refractivity contribution >= 4 is 16.6 Å². The van der Waals surface area contributed by atoms with Gasteiger partial charge in [-0.1, -0.05) is 12.1 Å². The average Bonchev–Trinajstić information content (AvgIpc) is 2.49. The highest BCUT2D eigenvalue weighted by Crippen LogP contribution is 2.34. The molecule has 2 N–H and O–H groups in total. The average molecular weight is 280 g/mol. The Kier molecular flexibility index (Phi) is 3.36. The number of para-hydroxylation sites is 1. The lowest BCUT2D eigenvalue weighted by Crippen LogP contribution is -1.95. The maximum absolute atomic E-state index is 6.00.